The maximum Gasteiger partial charge on any atom is 0.263 e. The number of nitrogens with two attached hydrogens (primary N) is 1. The molecule has 2 aromatic heterocycles. The molecule has 3 rings (SSSR count). The highest BCUT2D eigenvalue weighted by Crippen LogP contribution is 2.34. The summed E-state index contributed by atoms with van der Waals surface area (Å²) in [7, 11) is 3.71. The molecule has 5 nitrogen and oxygen atoms in total. The molecule has 3 heterocycles. The van der Waals surface area contributed by atoms with Gasteiger partial charge in [-0.15, -0.1) is 11.3 Å². The van der Waals surface area contributed by atoms with Crippen molar-refractivity contribution in [3.63, 3.8) is 0 Å². The van der Waals surface area contributed by atoms with Crippen LogP contribution in [0.3, 0.4) is 0 Å². The predicted molar refractivity (Wildman–Crippen MR) is 77.5 cm³/mol. The SMILES string of the molecule is CNC(=O)c1sc2nc3c(cc2c1N)CN(C)CC3. The van der Waals surface area contributed by atoms with Crippen LogP contribution in [-0.4, -0.2) is 36.4 Å². The fourth-order valence-corrected chi connectivity index (χ4v) is 3.46. The Morgan fingerprint density at radius 1 is 1.58 bits per heavy atom. The number of carbonyl (C=O) groups excluding carboxylic acids is 1. The molecule has 3 N–H and O–H groups in total. The third kappa shape index (κ3) is 1.97. The molecule has 0 radical (unpaired) electrons. The molecular weight excluding hydrogens is 260 g/mol. The second-order valence-corrected chi connectivity index (χ2v) is 5.86. The van der Waals surface area contributed by atoms with Gasteiger partial charge < -0.3 is 16.0 Å². The number of fused-ring (bicyclic) bond motifs is 2. The molecule has 0 aromatic carbocycles. The first kappa shape index (κ1) is 12.4. The van der Waals surface area contributed by atoms with Crippen molar-refractivity contribution in [3.8, 4) is 0 Å². The zero-order valence-corrected chi connectivity index (χ0v) is 11.8. The minimum absolute atomic E-state index is 0.143. The zero-order chi connectivity index (χ0) is 13.6. The van der Waals surface area contributed by atoms with Crippen LogP contribution in [0.2, 0.25) is 0 Å². The topological polar surface area (TPSA) is 71.2 Å². The van der Waals surface area contributed by atoms with E-state index >= 15 is 0 Å². The molecule has 0 fully saturated rings. The van der Waals surface area contributed by atoms with Gasteiger partial charge in [-0.05, 0) is 18.7 Å². The minimum Gasteiger partial charge on any atom is -0.397 e. The van der Waals surface area contributed by atoms with Crippen molar-refractivity contribution >= 4 is 33.1 Å². The molecular formula is C13H16N4OS. The summed E-state index contributed by atoms with van der Waals surface area (Å²) in [5, 5.41) is 3.52. The van der Waals surface area contributed by atoms with E-state index in [1.165, 1.54) is 16.9 Å². The highest BCUT2D eigenvalue weighted by molar-refractivity contribution is 7.21. The lowest BCUT2D eigenvalue weighted by Gasteiger charge is -2.24. The fraction of sp³-hybridized carbons (Fsp3) is 0.385. The summed E-state index contributed by atoms with van der Waals surface area (Å²) in [6.07, 6.45) is 0.953. The lowest BCUT2D eigenvalue weighted by Crippen LogP contribution is -2.27. The molecule has 0 bridgehead atoms. The number of nitrogens with one attached hydrogen (secondary N) is 1. The summed E-state index contributed by atoms with van der Waals surface area (Å²) in [6.45, 7) is 1.91. The summed E-state index contributed by atoms with van der Waals surface area (Å²) in [4.78, 5) is 20.1. The van der Waals surface area contributed by atoms with E-state index in [1.54, 1.807) is 7.05 Å². The average molecular weight is 276 g/mol. The van der Waals surface area contributed by atoms with E-state index in [2.05, 4.69) is 28.3 Å². The Morgan fingerprint density at radius 2 is 2.37 bits per heavy atom. The molecule has 0 aliphatic carbocycles. The van der Waals surface area contributed by atoms with E-state index in [1.807, 2.05) is 0 Å². The number of anilines is 1. The standard InChI is InChI=1S/C13H16N4OS/c1-15-12(18)11-10(14)8-5-7-6-17(2)4-3-9(7)16-13(8)19-11/h5H,3-4,6,14H2,1-2H3,(H,15,18). The van der Waals surface area contributed by atoms with Crippen LogP contribution in [0.25, 0.3) is 10.2 Å². The molecule has 2 aromatic rings. The number of nitrogen functional groups attached to an aromatic ring is 1. The van der Waals surface area contributed by atoms with Crippen LogP contribution < -0.4 is 11.1 Å². The van der Waals surface area contributed by atoms with Crippen molar-refractivity contribution in [1.29, 1.82) is 0 Å². The smallest absolute Gasteiger partial charge is 0.263 e. The number of amides is 1. The number of hydrogen-bond donors (Lipinski definition) is 2. The van der Waals surface area contributed by atoms with E-state index in [9.17, 15) is 4.79 Å². The van der Waals surface area contributed by atoms with E-state index in [0.29, 0.717) is 10.6 Å². The summed E-state index contributed by atoms with van der Waals surface area (Å²) < 4.78 is 0. The van der Waals surface area contributed by atoms with Crippen molar-refractivity contribution in [2.45, 2.75) is 13.0 Å². The first-order valence-corrected chi connectivity index (χ1v) is 7.03. The third-order valence-electron chi connectivity index (χ3n) is 3.49. The van der Waals surface area contributed by atoms with Crippen LogP contribution in [0.5, 0.6) is 0 Å². The number of aromatic nitrogens is 1. The molecule has 6 heteroatoms. The Kier molecular flexibility index (Phi) is 2.91. The van der Waals surface area contributed by atoms with E-state index in [-0.39, 0.29) is 5.91 Å². The molecule has 0 saturated heterocycles. The van der Waals surface area contributed by atoms with E-state index in [0.717, 1.165) is 35.4 Å². The van der Waals surface area contributed by atoms with Crippen LogP contribution in [0.1, 0.15) is 20.9 Å². The van der Waals surface area contributed by atoms with Gasteiger partial charge in [0.25, 0.3) is 5.91 Å². The van der Waals surface area contributed by atoms with Gasteiger partial charge in [0.1, 0.15) is 9.71 Å². The summed E-state index contributed by atoms with van der Waals surface area (Å²) >= 11 is 1.37. The quantitative estimate of drug-likeness (QED) is 0.821. The predicted octanol–water partition coefficient (Wildman–Crippen LogP) is 1.23. The van der Waals surface area contributed by atoms with E-state index in [4.69, 9.17) is 5.73 Å². The van der Waals surface area contributed by atoms with E-state index < -0.39 is 0 Å². The van der Waals surface area contributed by atoms with Crippen LogP contribution in [0, 0.1) is 0 Å². The number of likely N-dealkylation sites (N-methyl/N-ethyl adjacent to an activating group) is 1. The van der Waals surface area contributed by atoms with Gasteiger partial charge in [0.2, 0.25) is 0 Å². The fourth-order valence-electron chi connectivity index (χ4n) is 2.42. The molecule has 100 valence electrons. The van der Waals surface area contributed by atoms with Gasteiger partial charge in [-0.3, -0.25) is 4.79 Å². The van der Waals surface area contributed by atoms with Crippen LogP contribution >= 0.6 is 11.3 Å². The second kappa shape index (κ2) is 4.47. The lowest BCUT2D eigenvalue weighted by atomic mass is 10.0. The van der Waals surface area contributed by atoms with Crippen LogP contribution in [0.4, 0.5) is 5.69 Å². The van der Waals surface area contributed by atoms with Crippen LogP contribution in [0.15, 0.2) is 6.07 Å². The monoisotopic (exact) mass is 276 g/mol. The minimum atomic E-state index is -0.143. The lowest BCUT2D eigenvalue weighted by molar-refractivity contribution is 0.0968. The second-order valence-electron chi connectivity index (χ2n) is 4.86. The maximum absolute atomic E-state index is 11.8. The highest BCUT2D eigenvalue weighted by Gasteiger charge is 2.20. The Labute approximate surface area is 115 Å². The van der Waals surface area contributed by atoms with Gasteiger partial charge >= 0.3 is 0 Å². The molecule has 0 unspecified atom stereocenters. The number of pyridine rings is 1. The molecule has 19 heavy (non-hydrogen) atoms. The summed E-state index contributed by atoms with van der Waals surface area (Å²) in [5.74, 6) is -0.143. The molecule has 1 aliphatic heterocycles. The normalized spacial score (nSPS) is 15.5. The molecule has 0 atom stereocenters. The van der Waals surface area contributed by atoms with Crippen molar-refractivity contribution in [1.82, 2.24) is 15.2 Å². The van der Waals surface area contributed by atoms with Gasteiger partial charge in [0.15, 0.2) is 0 Å². The van der Waals surface area contributed by atoms with Crippen molar-refractivity contribution in [2.75, 3.05) is 26.4 Å². The Bertz CT molecular complexity index is 664. The zero-order valence-electron chi connectivity index (χ0n) is 11.0. The molecule has 1 amide bonds. The van der Waals surface area contributed by atoms with Gasteiger partial charge in [0.05, 0.1) is 5.69 Å². The number of rotatable bonds is 1. The number of nitrogens with zero attached hydrogens (tertiary/aromatic N) is 2. The summed E-state index contributed by atoms with van der Waals surface area (Å²) in [5.41, 5.74) is 8.97. The Hall–Kier alpha value is -1.66. The summed E-state index contributed by atoms with van der Waals surface area (Å²) in [6, 6.07) is 2.09. The van der Waals surface area contributed by atoms with Gasteiger partial charge in [0, 0.05) is 37.6 Å². The number of thiophene rings is 1. The first-order valence-electron chi connectivity index (χ1n) is 6.21. The van der Waals surface area contributed by atoms with Crippen molar-refractivity contribution < 1.29 is 4.79 Å². The third-order valence-corrected chi connectivity index (χ3v) is 4.61. The number of carbonyl (C=O) groups is 1. The molecule has 0 spiro atoms. The first-order chi connectivity index (χ1) is 9.10. The maximum atomic E-state index is 11.8. The van der Waals surface area contributed by atoms with Gasteiger partial charge in [-0.1, -0.05) is 0 Å². The van der Waals surface area contributed by atoms with Crippen molar-refractivity contribution in [2.24, 2.45) is 0 Å². The van der Waals surface area contributed by atoms with Gasteiger partial charge in [-0.25, -0.2) is 4.98 Å². The van der Waals surface area contributed by atoms with Crippen LogP contribution in [-0.2, 0) is 13.0 Å². The number of hydrogen-bond acceptors (Lipinski definition) is 5. The largest absolute Gasteiger partial charge is 0.397 e. The molecule has 0 saturated carbocycles. The Morgan fingerprint density at radius 3 is 3.11 bits per heavy atom. The average Bonchev–Trinajstić information content (AvgIpc) is 2.72. The Balaban J connectivity index is 2.17. The molecule has 1 aliphatic rings. The van der Waals surface area contributed by atoms with Gasteiger partial charge in [-0.2, -0.15) is 0 Å². The highest BCUT2D eigenvalue weighted by atomic mass is 32.1. The van der Waals surface area contributed by atoms with Crippen molar-refractivity contribution in [3.05, 3.63) is 22.2 Å².